The van der Waals surface area contributed by atoms with Gasteiger partial charge in [0.15, 0.2) is 0 Å². The molecule has 0 spiro atoms. The van der Waals surface area contributed by atoms with Crippen molar-refractivity contribution in [3.8, 4) is 11.1 Å². The summed E-state index contributed by atoms with van der Waals surface area (Å²) in [6.07, 6.45) is 3.55. The van der Waals surface area contributed by atoms with Crippen molar-refractivity contribution in [1.29, 1.82) is 5.41 Å². The van der Waals surface area contributed by atoms with E-state index >= 15 is 0 Å². The average Bonchev–Trinajstić information content (AvgIpc) is 3.24. The van der Waals surface area contributed by atoms with Gasteiger partial charge < -0.3 is 20.6 Å². The number of hydrogen-bond donors (Lipinski definition) is 4. The van der Waals surface area contributed by atoms with Crippen molar-refractivity contribution in [2.45, 2.75) is 39.2 Å². The summed E-state index contributed by atoms with van der Waals surface area (Å²) in [5.74, 6) is -2.17. The van der Waals surface area contributed by atoms with Crippen LogP contribution in [0.15, 0.2) is 66.7 Å². The van der Waals surface area contributed by atoms with Gasteiger partial charge in [-0.2, -0.15) is 8.42 Å². The Morgan fingerprint density at radius 1 is 0.927 bits per heavy atom. The predicted molar refractivity (Wildman–Crippen MR) is 156 cm³/mol. The highest BCUT2D eigenvalue weighted by Crippen LogP contribution is 2.37. The van der Waals surface area contributed by atoms with E-state index in [0.29, 0.717) is 16.8 Å². The van der Waals surface area contributed by atoms with E-state index in [9.17, 15) is 22.8 Å². The normalized spacial score (nSPS) is 16.0. The van der Waals surface area contributed by atoms with Crippen LogP contribution in [0.1, 0.15) is 69.7 Å². The van der Waals surface area contributed by atoms with Crippen molar-refractivity contribution in [3.63, 3.8) is 0 Å². The van der Waals surface area contributed by atoms with E-state index in [2.05, 4.69) is 28.7 Å². The maximum Gasteiger partial charge on any atom is 0.354 e. The number of nitrogens with one attached hydrogen (secondary N) is 3. The van der Waals surface area contributed by atoms with Gasteiger partial charge in [-0.3, -0.25) is 15.0 Å². The maximum absolute atomic E-state index is 13.3. The van der Waals surface area contributed by atoms with Crippen LogP contribution >= 0.6 is 0 Å². The Kier molecular flexibility index (Phi) is 8.29. The van der Waals surface area contributed by atoms with Crippen LogP contribution in [0.4, 0.5) is 5.69 Å². The molecular formula is C30H32N4O6S. The lowest BCUT2D eigenvalue weighted by Crippen LogP contribution is -2.41. The van der Waals surface area contributed by atoms with E-state index in [0.717, 1.165) is 25.5 Å². The Morgan fingerprint density at radius 2 is 1.56 bits per heavy atom. The number of amides is 2. The third-order valence-corrected chi connectivity index (χ3v) is 7.66. The van der Waals surface area contributed by atoms with Crippen LogP contribution < -0.4 is 16.4 Å². The molecule has 214 valence electrons. The molecule has 0 bridgehead atoms. The van der Waals surface area contributed by atoms with Gasteiger partial charge in [-0.1, -0.05) is 44.5 Å². The molecule has 0 heterocycles. The minimum absolute atomic E-state index is 0.0463. The number of amidine groups is 1. The molecule has 0 aromatic heterocycles. The molecule has 3 aromatic carbocycles. The summed E-state index contributed by atoms with van der Waals surface area (Å²) in [7, 11) is -4.17. The summed E-state index contributed by atoms with van der Waals surface area (Å²) in [6.45, 7) is 4.17. The maximum atomic E-state index is 13.3. The van der Waals surface area contributed by atoms with Gasteiger partial charge in [-0.25, -0.2) is 4.79 Å². The highest BCUT2D eigenvalue weighted by atomic mass is 32.2. The zero-order valence-corrected chi connectivity index (χ0v) is 23.8. The average molecular weight is 577 g/mol. The molecule has 0 saturated heterocycles. The first kappa shape index (κ1) is 29.5. The second kappa shape index (κ2) is 11.5. The van der Waals surface area contributed by atoms with Gasteiger partial charge in [0, 0.05) is 28.4 Å². The Balaban J connectivity index is 1.71. The largest absolute Gasteiger partial charge is 0.384 e. The molecule has 10 nitrogen and oxygen atoms in total. The van der Waals surface area contributed by atoms with E-state index in [1.54, 1.807) is 48.5 Å². The molecule has 0 aliphatic heterocycles. The number of nitrogen functional groups attached to an aromatic ring is 1. The Bertz CT molecular complexity index is 1630. The summed E-state index contributed by atoms with van der Waals surface area (Å²) in [5, 5.41) is 13.3. The van der Waals surface area contributed by atoms with E-state index in [4.69, 9.17) is 11.1 Å². The molecule has 5 N–H and O–H groups in total. The molecule has 2 amide bonds. The fourth-order valence-electron chi connectivity index (χ4n) is 4.96. The van der Waals surface area contributed by atoms with Gasteiger partial charge in [0.2, 0.25) is 0 Å². The van der Waals surface area contributed by atoms with Gasteiger partial charge in [0.05, 0.1) is 11.8 Å². The third kappa shape index (κ3) is 6.98. The molecule has 1 aliphatic carbocycles. The lowest BCUT2D eigenvalue weighted by molar-refractivity contribution is 0.0748. The quantitative estimate of drug-likeness (QED) is 0.176. The van der Waals surface area contributed by atoms with Crippen LogP contribution in [0.3, 0.4) is 0 Å². The second-order valence-electron chi connectivity index (χ2n) is 10.7. The molecule has 1 unspecified atom stereocenters. The summed E-state index contributed by atoms with van der Waals surface area (Å²) >= 11 is 0. The van der Waals surface area contributed by atoms with Crippen LogP contribution in [0.5, 0.6) is 0 Å². The van der Waals surface area contributed by atoms with Crippen molar-refractivity contribution in [2.75, 3.05) is 11.6 Å². The van der Waals surface area contributed by atoms with Crippen molar-refractivity contribution in [1.82, 2.24) is 5.32 Å². The van der Waals surface area contributed by atoms with Crippen molar-refractivity contribution >= 4 is 39.4 Å². The third-order valence-electron chi connectivity index (χ3n) is 7.21. The lowest BCUT2D eigenvalue weighted by atomic mass is 9.87. The van der Waals surface area contributed by atoms with Crippen molar-refractivity contribution in [2.24, 2.45) is 11.1 Å². The summed E-state index contributed by atoms with van der Waals surface area (Å²) in [4.78, 5) is 39.6. The first-order valence-electron chi connectivity index (χ1n) is 13.0. The van der Waals surface area contributed by atoms with E-state index in [1.807, 2.05) is 0 Å². The zero-order chi connectivity index (χ0) is 29.9. The van der Waals surface area contributed by atoms with Gasteiger partial charge in [0.25, 0.3) is 11.8 Å². The molecular weight excluding hydrogens is 544 g/mol. The van der Waals surface area contributed by atoms with Crippen molar-refractivity contribution < 1.29 is 27.0 Å². The molecule has 1 atom stereocenters. The van der Waals surface area contributed by atoms with E-state index < -0.39 is 27.9 Å². The SMILES string of the molecule is CC1(C)CCCC1NC(=O)c1ccc(-c2ccccc2C(=O)Nc2ccc(C(=N)N)cc2)c(C(=O)OS(C)(=O)=O)c1. The summed E-state index contributed by atoms with van der Waals surface area (Å²) in [5.41, 5.74) is 7.08. The molecule has 11 heteroatoms. The second-order valence-corrected chi connectivity index (χ2v) is 12.3. The Morgan fingerprint density at radius 3 is 2.17 bits per heavy atom. The van der Waals surface area contributed by atoms with E-state index in [1.165, 1.54) is 18.2 Å². The highest BCUT2D eigenvalue weighted by Gasteiger charge is 2.35. The highest BCUT2D eigenvalue weighted by molar-refractivity contribution is 7.86. The lowest BCUT2D eigenvalue weighted by Gasteiger charge is -2.28. The van der Waals surface area contributed by atoms with Crippen LogP contribution in [0, 0.1) is 10.8 Å². The van der Waals surface area contributed by atoms with Crippen molar-refractivity contribution in [3.05, 3.63) is 89.0 Å². The Hall–Kier alpha value is -4.51. The fourth-order valence-corrected chi connectivity index (χ4v) is 5.32. The number of nitrogens with two attached hydrogens (primary N) is 1. The van der Waals surface area contributed by atoms with Gasteiger partial charge >= 0.3 is 16.1 Å². The van der Waals surface area contributed by atoms with Crippen LogP contribution in [0.25, 0.3) is 11.1 Å². The summed E-state index contributed by atoms with van der Waals surface area (Å²) < 4.78 is 28.3. The molecule has 1 aliphatic rings. The first-order chi connectivity index (χ1) is 19.2. The number of anilines is 1. The molecule has 4 rings (SSSR count). The number of carbonyl (C=O) groups excluding carboxylic acids is 3. The molecule has 41 heavy (non-hydrogen) atoms. The minimum Gasteiger partial charge on any atom is -0.384 e. The molecule has 1 saturated carbocycles. The smallest absolute Gasteiger partial charge is 0.354 e. The zero-order valence-electron chi connectivity index (χ0n) is 23.0. The molecule has 1 fully saturated rings. The predicted octanol–water partition coefficient (Wildman–Crippen LogP) is 4.31. The Labute approximate surface area is 238 Å². The number of benzene rings is 3. The van der Waals surface area contributed by atoms with Gasteiger partial charge in [-0.15, -0.1) is 0 Å². The minimum atomic E-state index is -4.17. The number of carbonyl (C=O) groups is 3. The van der Waals surface area contributed by atoms with E-state index in [-0.39, 0.29) is 39.5 Å². The van der Waals surface area contributed by atoms with Crippen LogP contribution in [0.2, 0.25) is 0 Å². The molecule has 0 radical (unpaired) electrons. The van der Waals surface area contributed by atoms with Crippen LogP contribution in [-0.4, -0.2) is 44.3 Å². The van der Waals surface area contributed by atoms with Crippen LogP contribution in [-0.2, 0) is 14.3 Å². The topological polar surface area (TPSA) is 169 Å². The first-order valence-corrected chi connectivity index (χ1v) is 14.8. The standard InChI is InChI=1S/C30H32N4O6S/c1-30(2)16-6-9-25(30)34-27(35)19-12-15-22(24(17-19)29(37)40-41(3,38)39)21-7-4-5-8-23(21)28(36)33-20-13-10-18(11-14-20)26(31)32/h4-5,7-8,10-15,17,25H,6,9,16H2,1-3H3,(H3,31,32)(H,33,36)(H,34,35). The summed E-state index contributed by atoms with van der Waals surface area (Å²) in [6, 6.07) is 17.2. The fraction of sp³-hybridized carbons (Fsp3) is 0.267. The van der Waals surface area contributed by atoms with Gasteiger partial charge in [0.1, 0.15) is 5.84 Å². The van der Waals surface area contributed by atoms with Gasteiger partial charge in [-0.05, 0) is 71.8 Å². The molecule has 3 aromatic rings. The monoisotopic (exact) mass is 576 g/mol. The number of rotatable bonds is 8. The number of hydrogen-bond acceptors (Lipinski definition) is 7.